The zero-order valence-electron chi connectivity index (χ0n) is 18.2. The van der Waals surface area contributed by atoms with E-state index in [2.05, 4.69) is 39.1 Å². The van der Waals surface area contributed by atoms with E-state index in [1.54, 1.807) is 12.0 Å². The first kappa shape index (κ1) is 20.9. The summed E-state index contributed by atoms with van der Waals surface area (Å²) in [6.45, 7) is 3.35. The summed E-state index contributed by atoms with van der Waals surface area (Å²) in [6.07, 6.45) is 5.27. The van der Waals surface area contributed by atoms with E-state index < -0.39 is 0 Å². The number of hydrogen-bond acceptors (Lipinski definition) is 4. The number of aromatic nitrogens is 3. The molecule has 0 saturated carbocycles. The molecule has 3 aromatic rings. The molecule has 1 N–H and O–H groups in total. The Bertz CT molecular complexity index is 1050. The van der Waals surface area contributed by atoms with Gasteiger partial charge in [-0.25, -0.2) is 4.79 Å². The van der Waals surface area contributed by atoms with Crippen LogP contribution in [0.1, 0.15) is 43.4 Å². The molecule has 4 rings (SSSR count). The van der Waals surface area contributed by atoms with E-state index in [1.165, 1.54) is 12.0 Å². The number of aryl methyl sites for hydroxylation is 2. The summed E-state index contributed by atoms with van der Waals surface area (Å²) in [5.41, 5.74) is 2.64. The molecule has 1 aliphatic rings. The van der Waals surface area contributed by atoms with E-state index in [9.17, 15) is 4.79 Å². The molecule has 1 aromatic heterocycles. The number of amides is 2. The van der Waals surface area contributed by atoms with E-state index in [-0.39, 0.29) is 6.03 Å². The van der Waals surface area contributed by atoms with E-state index >= 15 is 0 Å². The topological polar surface area (TPSA) is 72.3 Å². The number of nitrogens with zero attached hydrogens (tertiary/aromatic N) is 4. The monoisotopic (exact) mass is 419 g/mol. The van der Waals surface area contributed by atoms with Crippen LogP contribution in [0, 0.1) is 0 Å². The number of ether oxygens (including phenoxy) is 1. The Morgan fingerprint density at radius 1 is 1.13 bits per heavy atom. The summed E-state index contributed by atoms with van der Waals surface area (Å²) >= 11 is 0. The van der Waals surface area contributed by atoms with Gasteiger partial charge in [-0.05, 0) is 49.1 Å². The van der Waals surface area contributed by atoms with Crippen molar-refractivity contribution in [3.05, 3.63) is 65.7 Å². The molecule has 0 spiro atoms. The van der Waals surface area contributed by atoms with Gasteiger partial charge in [0.15, 0.2) is 5.82 Å². The van der Waals surface area contributed by atoms with Gasteiger partial charge in [-0.3, -0.25) is 4.90 Å². The molecule has 2 amide bonds. The van der Waals surface area contributed by atoms with Crippen molar-refractivity contribution in [1.29, 1.82) is 0 Å². The molecule has 7 nitrogen and oxygen atoms in total. The Kier molecular flexibility index (Phi) is 6.50. The number of para-hydroxylation sites is 2. The minimum Gasteiger partial charge on any atom is -0.495 e. The van der Waals surface area contributed by atoms with Gasteiger partial charge in [-0.2, -0.15) is 0 Å². The van der Waals surface area contributed by atoms with Gasteiger partial charge >= 0.3 is 6.03 Å². The summed E-state index contributed by atoms with van der Waals surface area (Å²) in [7, 11) is 1.60. The van der Waals surface area contributed by atoms with Crippen molar-refractivity contribution in [1.82, 2.24) is 14.8 Å². The number of anilines is 2. The van der Waals surface area contributed by atoms with Gasteiger partial charge in [-0.1, -0.05) is 37.6 Å². The van der Waals surface area contributed by atoms with Crippen LogP contribution >= 0.6 is 0 Å². The second-order valence-electron chi connectivity index (χ2n) is 7.73. The Labute approximate surface area is 183 Å². The average molecular weight is 420 g/mol. The lowest BCUT2D eigenvalue weighted by Crippen LogP contribution is -2.35. The molecule has 2 aromatic carbocycles. The first-order valence-electron chi connectivity index (χ1n) is 10.9. The van der Waals surface area contributed by atoms with Crippen molar-refractivity contribution >= 4 is 17.4 Å². The molecule has 2 heterocycles. The molecule has 0 fully saturated rings. The Hall–Kier alpha value is -3.35. The average Bonchev–Trinajstić information content (AvgIpc) is 3.02. The predicted molar refractivity (Wildman–Crippen MR) is 122 cm³/mol. The molecule has 0 atom stereocenters. The number of carbonyl (C=O) groups excluding carboxylic acids is 1. The zero-order valence-corrected chi connectivity index (χ0v) is 18.2. The van der Waals surface area contributed by atoms with Crippen LogP contribution < -0.4 is 15.0 Å². The lowest BCUT2D eigenvalue weighted by Gasteiger charge is -2.24. The van der Waals surface area contributed by atoms with Crippen LogP contribution in [0.15, 0.2) is 48.5 Å². The van der Waals surface area contributed by atoms with Crippen LogP contribution in [0.25, 0.3) is 0 Å². The summed E-state index contributed by atoms with van der Waals surface area (Å²) in [5.74, 6) is 2.45. The lowest BCUT2D eigenvalue weighted by atomic mass is 10.1. The van der Waals surface area contributed by atoms with E-state index in [4.69, 9.17) is 4.74 Å². The van der Waals surface area contributed by atoms with Gasteiger partial charge in [-0.15, -0.1) is 10.2 Å². The fourth-order valence-electron chi connectivity index (χ4n) is 3.96. The number of fused-ring (bicyclic) bond motifs is 1. The van der Waals surface area contributed by atoms with Crippen molar-refractivity contribution in [2.24, 2.45) is 0 Å². The van der Waals surface area contributed by atoms with E-state index in [0.717, 1.165) is 49.6 Å². The Morgan fingerprint density at radius 3 is 2.84 bits per heavy atom. The van der Waals surface area contributed by atoms with Gasteiger partial charge in [0.2, 0.25) is 0 Å². The second-order valence-corrected chi connectivity index (χ2v) is 7.73. The maximum atomic E-state index is 13.4. The highest BCUT2D eigenvalue weighted by atomic mass is 16.5. The number of nitrogens with one attached hydrogen (secondary N) is 1. The first-order valence-corrected chi connectivity index (χ1v) is 10.9. The minimum atomic E-state index is -0.233. The third kappa shape index (κ3) is 4.71. The SMILES string of the molecule is CCc1cccc(N(Cc2nnc3n2CCCCC3)C(=O)Nc2ccccc2OC)c1. The minimum absolute atomic E-state index is 0.233. The lowest BCUT2D eigenvalue weighted by molar-refractivity contribution is 0.256. The normalized spacial score (nSPS) is 13.2. The van der Waals surface area contributed by atoms with Gasteiger partial charge in [0.1, 0.15) is 11.6 Å². The molecule has 0 aliphatic carbocycles. The molecule has 0 saturated heterocycles. The number of benzene rings is 2. The molecule has 1 aliphatic heterocycles. The summed E-state index contributed by atoms with van der Waals surface area (Å²) < 4.78 is 7.58. The summed E-state index contributed by atoms with van der Waals surface area (Å²) in [5, 5.41) is 11.8. The molecule has 0 radical (unpaired) electrons. The first-order chi connectivity index (χ1) is 15.2. The fraction of sp³-hybridized carbons (Fsp3) is 0.375. The molecular weight excluding hydrogens is 390 g/mol. The van der Waals surface area contributed by atoms with Crippen molar-refractivity contribution in [3.63, 3.8) is 0 Å². The maximum Gasteiger partial charge on any atom is 0.326 e. The van der Waals surface area contributed by atoms with E-state index in [1.807, 2.05) is 36.4 Å². The molecule has 7 heteroatoms. The molecule has 162 valence electrons. The zero-order chi connectivity index (χ0) is 21.6. The van der Waals surface area contributed by atoms with Crippen molar-refractivity contribution in [2.75, 3.05) is 17.3 Å². The van der Waals surface area contributed by atoms with Crippen LogP contribution in [0.2, 0.25) is 0 Å². The molecule has 0 unspecified atom stereocenters. The van der Waals surface area contributed by atoms with Crippen molar-refractivity contribution in [2.45, 2.75) is 52.1 Å². The van der Waals surface area contributed by atoms with E-state index in [0.29, 0.717) is 18.0 Å². The van der Waals surface area contributed by atoms with Crippen LogP contribution in [0.5, 0.6) is 5.75 Å². The standard InChI is InChI=1S/C24H29N5O2/c1-3-18-10-9-11-19(16-18)29(24(30)25-20-12-6-7-13-21(20)31-2)17-23-27-26-22-14-5-4-8-15-28(22)23/h6-7,9-13,16H,3-5,8,14-15,17H2,1-2H3,(H,25,30). The van der Waals surface area contributed by atoms with Crippen LogP contribution in [0.3, 0.4) is 0 Å². The Balaban J connectivity index is 1.66. The van der Waals surface area contributed by atoms with Crippen LogP contribution in [-0.4, -0.2) is 27.9 Å². The van der Waals surface area contributed by atoms with Gasteiger partial charge in [0.25, 0.3) is 0 Å². The maximum absolute atomic E-state index is 13.4. The number of methoxy groups -OCH3 is 1. The summed E-state index contributed by atoms with van der Waals surface area (Å²) in [4.78, 5) is 15.2. The summed E-state index contributed by atoms with van der Waals surface area (Å²) in [6, 6.07) is 15.3. The van der Waals surface area contributed by atoms with Gasteiger partial charge in [0.05, 0.1) is 19.3 Å². The molecule has 0 bridgehead atoms. The van der Waals surface area contributed by atoms with Crippen LogP contribution in [-0.2, 0) is 25.9 Å². The number of hydrogen-bond donors (Lipinski definition) is 1. The highest BCUT2D eigenvalue weighted by molar-refractivity contribution is 6.02. The van der Waals surface area contributed by atoms with Gasteiger partial charge < -0.3 is 14.6 Å². The third-order valence-electron chi connectivity index (χ3n) is 5.71. The number of rotatable bonds is 6. The highest BCUT2D eigenvalue weighted by Gasteiger charge is 2.23. The van der Waals surface area contributed by atoms with Gasteiger partial charge in [0, 0.05) is 18.7 Å². The van der Waals surface area contributed by atoms with Crippen molar-refractivity contribution < 1.29 is 9.53 Å². The third-order valence-corrected chi connectivity index (χ3v) is 5.71. The van der Waals surface area contributed by atoms with Crippen molar-refractivity contribution in [3.8, 4) is 5.75 Å². The largest absolute Gasteiger partial charge is 0.495 e. The highest BCUT2D eigenvalue weighted by Crippen LogP contribution is 2.26. The fourth-order valence-corrected chi connectivity index (χ4v) is 3.96. The quantitative estimate of drug-likeness (QED) is 0.622. The molecular formula is C24H29N5O2. The van der Waals surface area contributed by atoms with Crippen LogP contribution in [0.4, 0.5) is 16.2 Å². The Morgan fingerprint density at radius 2 is 2.00 bits per heavy atom. The smallest absolute Gasteiger partial charge is 0.326 e. The number of carbonyl (C=O) groups is 1. The second kappa shape index (κ2) is 9.64. The molecule has 31 heavy (non-hydrogen) atoms. The number of urea groups is 1. The predicted octanol–water partition coefficient (Wildman–Crippen LogP) is 4.81.